The topological polar surface area (TPSA) is 88.1 Å². The standard InChI is InChI=1S/C13H12Cl6N2O5/c1-7-4-8(22)2-3-9(7)21(11(24)26-6-13(17,18)19)20-10(23)25-5-12(14,15)16/h2-4,22H,5-6H2,1H3,(H,20,23). The van der Waals surface area contributed by atoms with Gasteiger partial charge in [0.15, 0.2) is 0 Å². The zero-order chi connectivity index (χ0) is 20.1. The van der Waals surface area contributed by atoms with Crippen LogP contribution in [0.15, 0.2) is 18.2 Å². The van der Waals surface area contributed by atoms with E-state index in [0.717, 1.165) is 0 Å². The molecule has 0 atom stereocenters. The number of halogens is 6. The Labute approximate surface area is 178 Å². The summed E-state index contributed by atoms with van der Waals surface area (Å²) in [5.74, 6) is -0.0559. The number of nitrogens with one attached hydrogen (secondary N) is 1. The van der Waals surface area contributed by atoms with Crippen molar-refractivity contribution in [1.29, 1.82) is 0 Å². The van der Waals surface area contributed by atoms with Crippen molar-refractivity contribution in [2.24, 2.45) is 0 Å². The van der Waals surface area contributed by atoms with Crippen LogP contribution in [0.4, 0.5) is 15.3 Å². The molecule has 0 aliphatic rings. The Balaban J connectivity index is 2.98. The average molecular weight is 489 g/mol. The molecular formula is C13H12Cl6N2O5. The average Bonchev–Trinajstić information content (AvgIpc) is 2.47. The zero-order valence-electron chi connectivity index (χ0n) is 12.9. The number of carbonyl (C=O) groups is 2. The van der Waals surface area contributed by atoms with Gasteiger partial charge in [0.25, 0.3) is 0 Å². The molecule has 146 valence electrons. The molecule has 0 aliphatic heterocycles. The highest BCUT2D eigenvalue weighted by atomic mass is 35.6. The molecule has 1 rings (SSSR count). The molecule has 0 aliphatic carbocycles. The van der Waals surface area contributed by atoms with Gasteiger partial charge in [-0.15, -0.1) is 0 Å². The number of phenolic OH excluding ortho intramolecular Hbond substituents is 1. The first-order valence-corrected chi connectivity index (χ1v) is 8.89. The Bertz CT molecular complexity index is 661. The summed E-state index contributed by atoms with van der Waals surface area (Å²) < 4.78 is 5.83. The van der Waals surface area contributed by atoms with Gasteiger partial charge < -0.3 is 14.6 Å². The summed E-state index contributed by atoms with van der Waals surface area (Å²) in [5.41, 5.74) is 2.68. The molecule has 26 heavy (non-hydrogen) atoms. The second-order valence-corrected chi connectivity index (χ2v) is 9.81. The van der Waals surface area contributed by atoms with Crippen molar-refractivity contribution in [2.75, 3.05) is 18.2 Å². The van der Waals surface area contributed by atoms with Crippen LogP contribution in [0.25, 0.3) is 0 Å². The van der Waals surface area contributed by atoms with Crippen molar-refractivity contribution in [3.05, 3.63) is 23.8 Å². The number of rotatable bonds is 3. The van der Waals surface area contributed by atoms with Crippen molar-refractivity contribution in [3.8, 4) is 5.75 Å². The number of amides is 2. The van der Waals surface area contributed by atoms with Gasteiger partial charge in [0.1, 0.15) is 19.0 Å². The van der Waals surface area contributed by atoms with Crippen LogP contribution in [0.5, 0.6) is 5.75 Å². The summed E-state index contributed by atoms with van der Waals surface area (Å²) in [6.07, 6.45) is -2.20. The van der Waals surface area contributed by atoms with Crippen LogP contribution < -0.4 is 10.4 Å². The maximum Gasteiger partial charge on any atom is 0.433 e. The Morgan fingerprint density at radius 2 is 1.62 bits per heavy atom. The summed E-state index contributed by atoms with van der Waals surface area (Å²) >= 11 is 33.0. The number of hydrazine groups is 1. The van der Waals surface area contributed by atoms with Crippen LogP contribution in [0.3, 0.4) is 0 Å². The third-order valence-corrected chi connectivity index (χ3v) is 3.19. The maximum atomic E-state index is 12.3. The molecule has 0 bridgehead atoms. The second kappa shape index (κ2) is 9.48. The molecule has 0 spiro atoms. The number of aryl methyl sites for hydroxylation is 1. The first-order valence-electron chi connectivity index (χ1n) is 6.62. The monoisotopic (exact) mass is 486 g/mol. The van der Waals surface area contributed by atoms with E-state index in [0.29, 0.717) is 10.6 Å². The molecule has 0 radical (unpaired) electrons. The lowest BCUT2D eigenvalue weighted by Crippen LogP contribution is -2.48. The fourth-order valence-electron chi connectivity index (χ4n) is 1.57. The van der Waals surface area contributed by atoms with Gasteiger partial charge in [0.05, 0.1) is 5.69 Å². The van der Waals surface area contributed by atoms with Crippen molar-refractivity contribution >= 4 is 87.5 Å². The minimum Gasteiger partial charge on any atom is -0.508 e. The lowest BCUT2D eigenvalue weighted by Gasteiger charge is -2.25. The first kappa shape index (κ1) is 23.3. The second-order valence-electron chi connectivity index (χ2n) is 4.78. The normalized spacial score (nSPS) is 11.7. The van der Waals surface area contributed by atoms with Crippen LogP contribution in [-0.4, -0.2) is 38.1 Å². The molecule has 2 N–H and O–H groups in total. The molecule has 1 aromatic rings. The predicted molar refractivity (Wildman–Crippen MR) is 102 cm³/mol. The van der Waals surface area contributed by atoms with Crippen molar-refractivity contribution in [1.82, 2.24) is 5.43 Å². The van der Waals surface area contributed by atoms with Crippen LogP contribution in [0, 0.1) is 6.92 Å². The number of benzene rings is 1. The van der Waals surface area contributed by atoms with Gasteiger partial charge in [-0.1, -0.05) is 69.6 Å². The lowest BCUT2D eigenvalue weighted by molar-refractivity contribution is 0.135. The number of ether oxygens (including phenoxy) is 2. The molecule has 1 aromatic carbocycles. The van der Waals surface area contributed by atoms with Gasteiger partial charge in [0.2, 0.25) is 7.59 Å². The van der Waals surface area contributed by atoms with Crippen LogP contribution in [0.2, 0.25) is 0 Å². The van der Waals surface area contributed by atoms with Gasteiger partial charge in [-0.25, -0.2) is 15.0 Å². The van der Waals surface area contributed by atoms with Gasteiger partial charge in [-0.2, -0.15) is 5.01 Å². The first-order chi connectivity index (χ1) is 11.8. The molecule has 0 saturated heterocycles. The third-order valence-electron chi connectivity index (χ3n) is 2.53. The Morgan fingerprint density at radius 1 is 1.08 bits per heavy atom. The van der Waals surface area contributed by atoms with Crippen molar-refractivity contribution in [2.45, 2.75) is 14.5 Å². The Morgan fingerprint density at radius 3 is 2.12 bits per heavy atom. The highest BCUT2D eigenvalue weighted by Gasteiger charge is 2.28. The SMILES string of the molecule is Cc1cc(O)ccc1N(NC(=O)OCC(Cl)(Cl)Cl)C(=O)OCC(Cl)(Cl)Cl. The number of alkyl halides is 6. The molecule has 0 saturated carbocycles. The molecule has 0 heterocycles. The van der Waals surface area contributed by atoms with E-state index in [4.69, 9.17) is 79.1 Å². The number of hydrogen-bond donors (Lipinski definition) is 2. The third kappa shape index (κ3) is 8.79. The largest absolute Gasteiger partial charge is 0.508 e. The van der Waals surface area contributed by atoms with E-state index in [-0.39, 0.29) is 11.4 Å². The van der Waals surface area contributed by atoms with E-state index in [1.807, 2.05) is 0 Å². The summed E-state index contributed by atoms with van der Waals surface area (Å²) in [7, 11) is 0. The van der Waals surface area contributed by atoms with Crippen LogP contribution >= 0.6 is 69.6 Å². The van der Waals surface area contributed by atoms with E-state index < -0.39 is 33.0 Å². The molecule has 0 fully saturated rings. The van der Waals surface area contributed by atoms with E-state index >= 15 is 0 Å². The predicted octanol–water partition coefficient (Wildman–Crippen LogP) is 5.03. The summed E-state index contributed by atoms with van der Waals surface area (Å²) in [4.78, 5) is 24.2. The number of hydrogen-bond acceptors (Lipinski definition) is 5. The molecule has 0 unspecified atom stereocenters. The van der Waals surface area contributed by atoms with Gasteiger partial charge in [-0.3, -0.25) is 0 Å². The summed E-state index contributed by atoms with van der Waals surface area (Å²) in [6.45, 7) is 0.405. The molecule has 0 aromatic heterocycles. The Kier molecular flexibility index (Phi) is 8.51. The highest BCUT2D eigenvalue weighted by molar-refractivity contribution is 6.68. The number of phenols is 1. The quantitative estimate of drug-likeness (QED) is 0.460. The van der Waals surface area contributed by atoms with Gasteiger partial charge in [0, 0.05) is 0 Å². The zero-order valence-corrected chi connectivity index (χ0v) is 17.5. The fraction of sp³-hybridized carbons (Fsp3) is 0.385. The fourth-order valence-corrected chi connectivity index (χ4v) is 1.90. The van der Waals surface area contributed by atoms with E-state index in [9.17, 15) is 14.7 Å². The number of carbonyl (C=O) groups excluding carboxylic acids is 2. The minimum absolute atomic E-state index is 0.0559. The maximum absolute atomic E-state index is 12.3. The summed E-state index contributed by atoms with van der Waals surface area (Å²) in [6, 6.07) is 3.97. The van der Waals surface area contributed by atoms with Gasteiger partial charge >= 0.3 is 12.2 Å². The smallest absolute Gasteiger partial charge is 0.433 e. The Hall–Kier alpha value is -0.700. The van der Waals surface area contributed by atoms with Crippen LogP contribution in [-0.2, 0) is 9.47 Å². The number of nitrogens with zero attached hydrogens (tertiary/aromatic N) is 1. The minimum atomic E-state index is -1.86. The lowest BCUT2D eigenvalue weighted by atomic mass is 10.2. The van der Waals surface area contributed by atoms with E-state index in [2.05, 4.69) is 5.43 Å². The molecule has 2 amide bonds. The number of anilines is 1. The highest BCUT2D eigenvalue weighted by Crippen LogP contribution is 2.28. The van der Waals surface area contributed by atoms with Gasteiger partial charge in [-0.05, 0) is 30.7 Å². The van der Waals surface area contributed by atoms with Crippen molar-refractivity contribution in [3.63, 3.8) is 0 Å². The molecule has 13 heteroatoms. The van der Waals surface area contributed by atoms with E-state index in [1.165, 1.54) is 18.2 Å². The van der Waals surface area contributed by atoms with Crippen molar-refractivity contribution < 1.29 is 24.2 Å². The molecule has 7 nitrogen and oxygen atoms in total. The van der Waals surface area contributed by atoms with Crippen LogP contribution in [0.1, 0.15) is 5.56 Å². The molecular weight excluding hydrogens is 477 g/mol. The summed E-state index contributed by atoms with van der Waals surface area (Å²) in [5, 5.41) is 10.2. The van der Waals surface area contributed by atoms with E-state index in [1.54, 1.807) is 6.92 Å². The number of aromatic hydroxyl groups is 1.